The molecular formula is C15H26N2O3. The lowest BCUT2D eigenvalue weighted by atomic mass is 9.88. The maximum Gasteiger partial charge on any atom is 0.307 e. The average Bonchev–Trinajstić information content (AvgIpc) is 2.44. The Hall–Kier alpha value is -1.10. The van der Waals surface area contributed by atoms with E-state index in [-0.39, 0.29) is 24.3 Å². The van der Waals surface area contributed by atoms with Gasteiger partial charge in [-0.25, -0.2) is 0 Å². The van der Waals surface area contributed by atoms with Crippen LogP contribution in [0.2, 0.25) is 0 Å². The standard InChI is InChI=1S/C15H26N2O3/c1-2-20-14(18)10-13-15(19)16-8-9-17(13)11-12-6-4-3-5-7-12/h12-13H,2-11H2,1H3,(H,16,19)/t13-/m0/s1. The normalized spacial score (nSPS) is 25.2. The summed E-state index contributed by atoms with van der Waals surface area (Å²) in [5.41, 5.74) is 0. The van der Waals surface area contributed by atoms with E-state index in [4.69, 9.17) is 4.74 Å². The van der Waals surface area contributed by atoms with Gasteiger partial charge in [0.2, 0.25) is 5.91 Å². The van der Waals surface area contributed by atoms with E-state index in [0.29, 0.717) is 19.1 Å². The van der Waals surface area contributed by atoms with Gasteiger partial charge in [0.1, 0.15) is 0 Å². The maximum absolute atomic E-state index is 12.0. The van der Waals surface area contributed by atoms with Gasteiger partial charge in [-0.15, -0.1) is 0 Å². The second-order valence-corrected chi connectivity index (χ2v) is 5.81. The smallest absolute Gasteiger partial charge is 0.307 e. The lowest BCUT2D eigenvalue weighted by Gasteiger charge is -2.37. The Balaban J connectivity index is 1.92. The van der Waals surface area contributed by atoms with Crippen LogP contribution in [0.3, 0.4) is 0 Å². The molecule has 1 amide bonds. The van der Waals surface area contributed by atoms with Gasteiger partial charge >= 0.3 is 5.97 Å². The molecule has 0 unspecified atom stereocenters. The molecule has 1 atom stereocenters. The van der Waals surface area contributed by atoms with E-state index in [2.05, 4.69) is 10.2 Å². The van der Waals surface area contributed by atoms with Crippen LogP contribution >= 0.6 is 0 Å². The van der Waals surface area contributed by atoms with E-state index in [1.807, 2.05) is 0 Å². The van der Waals surface area contributed by atoms with Crippen molar-refractivity contribution in [2.45, 2.75) is 51.5 Å². The zero-order chi connectivity index (χ0) is 14.4. The third-order valence-corrected chi connectivity index (χ3v) is 4.32. The molecule has 0 spiro atoms. The first-order chi connectivity index (χ1) is 9.70. The summed E-state index contributed by atoms with van der Waals surface area (Å²) in [6.45, 7) is 4.63. The van der Waals surface area contributed by atoms with E-state index < -0.39 is 0 Å². The predicted octanol–water partition coefficient (Wildman–Crippen LogP) is 1.32. The summed E-state index contributed by atoms with van der Waals surface area (Å²) < 4.78 is 4.99. The van der Waals surface area contributed by atoms with Gasteiger partial charge in [0, 0.05) is 19.6 Å². The molecule has 5 nitrogen and oxygen atoms in total. The zero-order valence-electron chi connectivity index (χ0n) is 12.4. The Kier molecular flexibility index (Phi) is 5.83. The Bertz CT molecular complexity index is 340. The summed E-state index contributed by atoms with van der Waals surface area (Å²) in [6, 6.07) is -0.343. The van der Waals surface area contributed by atoms with Crippen molar-refractivity contribution in [3.8, 4) is 0 Å². The van der Waals surface area contributed by atoms with Crippen LogP contribution < -0.4 is 5.32 Å². The number of nitrogens with zero attached hydrogens (tertiary/aromatic N) is 1. The SMILES string of the molecule is CCOC(=O)C[C@H]1C(=O)NCCN1CC1CCCCC1. The van der Waals surface area contributed by atoms with Crippen LogP contribution in [0.25, 0.3) is 0 Å². The summed E-state index contributed by atoms with van der Waals surface area (Å²) in [5, 5.41) is 2.86. The van der Waals surface area contributed by atoms with E-state index in [0.717, 1.165) is 13.1 Å². The molecule has 0 aromatic rings. The molecule has 114 valence electrons. The van der Waals surface area contributed by atoms with Gasteiger partial charge in [-0.3, -0.25) is 14.5 Å². The van der Waals surface area contributed by atoms with Gasteiger partial charge in [-0.05, 0) is 25.7 Å². The second-order valence-electron chi connectivity index (χ2n) is 5.81. The van der Waals surface area contributed by atoms with Crippen molar-refractivity contribution >= 4 is 11.9 Å². The number of rotatable bonds is 5. The van der Waals surface area contributed by atoms with E-state index in [1.165, 1.54) is 32.1 Å². The molecule has 0 aromatic heterocycles. The van der Waals surface area contributed by atoms with Crippen LogP contribution in [0.15, 0.2) is 0 Å². The van der Waals surface area contributed by atoms with Gasteiger partial charge in [0.15, 0.2) is 0 Å². The molecule has 2 rings (SSSR count). The molecule has 1 saturated carbocycles. The molecule has 1 N–H and O–H groups in total. The van der Waals surface area contributed by atoms with Gasteiger partial charge in [-0.2, -0.15) is 0 Å². The number of nitrogens with one attached hydrogen (secondary N) is 1. The van der Waals surface area contributed by atoms with Gasteiger partial charge in [0.25, 0.3) is 0 Å². The average molecular weight is 282 g/mol. The first kappa shape index (κ1) is 15.3. The van der Waals surface area contributed by atoms with Crippen molar-refractivity contribution in [3.05, 3.63) is 0 Å². The van der Waals surface area contributed by atoms with Crippen LogP contribution in [0.5, 0.6) is 0 Å². The fraction of sp³-hybridized carbons (Fsp3) is 0.867. The van der Waals surface area contributed by atoms with Crippen molar-refractivity contribution < 1.29 is 14.3 Å². The van der Waals surface area contributed by atoms with Crippen molar-refractivity contribution in [2.75, 3.05) is 26.2 Å². The number of hydrogen-bond acceptors (Lipinski definition) is 4. The zero-order valence-corrected chi connectivity index (χ0v) is 12.4. The third kappa shape index (κ3) is 4.20. The highest BCUT2D eigenvalue weighted by atomic mass is 16.5. The summed E-state index contributed by atoms with van der Waals surface area (Å²) in [5.74, 6) is 0.377. The van der Waals surface area contributed by atoms with Crippen LogP contribution in [0, 0.1) is 5.92 Å². The molecule has 2 fully saturated rings. The molecular weight excluding hydrogens is 256 g/mol. The topological polar surface area (TPSA) is 58.6 Å². The second kappa shape index (κ2) is 7.62. The first-order valence-electron chi connectivity index (χ1n) is 7.88. The van der Waals surface area contributed by atoms with Crippen molar-refractivity contribution in [1.82, 2.24) is 10.2 Å². The maximum atomic E-state index is 12.0. The quantitative estimate of drug-likeness (QED) is 0.773. The first-order valence-corrected chi connectivity index (χ1v) is 7.88. The number of ether oxygens (including phenoxy) is 1. The Labute approximate surface area is 121 Å². The number of esters is 1. The molecule has 1 saturated heterocycles. The summed E-state index contributed by atoms with van der Waals surface area (Å²) in [6.07, 6.45) is 6.62. The lowest BCUT2D eigenvalue weighted by molar-refractivity contribution is -0.148. The highest BCUT2D eigenvalue weighted by Gasteiger charge is 2.33. The van der Waals surface area contributed by atoms with E-state index in [1.54, 1.807) is 6.92 Å². The van der Waals surface area contributed by atoms with Crippen LogP contribution in [-0.4, -0.2) is 49.1 Å². The Morgan fingerprint density at radius 1 is 1.35 bits per heavy atom. The van der Waals surface area contributed by atoms with Crippen molar-refractivity contribution in [2.24, 2.45) is 5.92 Å². The van der Waals surface area contributed by atoms with Crippen molar-refractivity contribution in [1.29, 1.82) is 0 Å². The molecule has 1 heterocycles. The fourth-order valence-electron chi connectivity index (χ4n) is 3.28. The fourth-order valence-corrected chi connectivity index (χ4v) is 3.28. The summed E-state index contributed by atoms with van der Waals surface area (Å²) >= 11 is 0. The number of amides is 1. The lowest BCUT2D eigenvalue weighted by Crippen LogP contribution is -2.57. The van der Waals surface area contributed by atoms with E-state index in [9.17, 15) is 9.59 Å². The monoisotopic (exact) mass is 282 g/mol. The van der Waals surface area contributed by atoms with Gasteiger partial charge in [-0.1, -0.05) is 19.3 Å². The molecule has 20 heavy (non-hydrogen) atoms. The third-order valence-electron chi connectivity index (χ3n) is 4.32. The molecule has 0 radical (unpaired) electrons. The predicted molar refractivity (Wildman–Crippen MR) is 76.2 cm³/mol. The number of carbonyl (C=O) groups is 2. The minimum Gasteiger partial charge on any atom is -0.466 e. The Morgan fingerprint density at radius 2 is 2.10 bits per heavy atom. The number of hydrogen-bond donors (Lipinski definition) is 1. The highest BCUT2D eigenvalue weighted by Crippen LogP contribution is 2.25. The largest absolute Gasteiger partial charge is 0.466 e. The summed E-state index contributed by atoms with van der Waals surface area (Å²) in [4.78, 5) is 25.9. The van der Waals surface area contributed by atoms with Gasteiger partial charge < -0.3 is 10.1 Å². The molecule has 0 aromatic carbocycles. The molecule has 1 aliphatic carbocycles. The highest BCUT2D eigenvalue weighted by molar-refractivity contribution is 5.87. The minimum atomic E-state index is -0.343. The molecule has 5 heteroatoms. The summed E-state index contributed by atoms with van der Waals surface area (Å²) in [7, 11) is 0. The van der Waals surface area contributed by atoms with Crippen LogP contribution in [0.4, 0.5) is 0 Å². The van der Waals surface area contributed by atoms with E-state index >= 15 is 0 Å². The van der Waals surface area contributed by atoms with Crippen molar-refractivity contribution in [3.63, 3.8) is 0 Å². The molecule has 1 aliphatic heterocycles. The minimum absolute atomic E-state index is 0.0277. The number of carbonyl (C=O) groups excluding carboxylic acids is 2. The van der Waals surface area contributed by atoms with Gasteiger partial charge in [0.05, 0.1) is 19.1 Å². The molecule has 2 aliphatic rings. The molecule has 0 bridgehead atoms. The van der Waals surface area contributed by atoms with Crippen LogP contribution in [0.1, 0.15) is 45.4 Å². The number of piperazine rings is 1. The Morgan fingerprint density at radius 3 is 2.80 bits per heavy atom. The van der Waals surface area contributed by atoms with Crippen LogP contribution in [-0.2, 0) is 14.3 Å².